The number of hydrogen-bond acceptors (Lipinski definition) is 5. The van der Waals surface area contributed by atoms with Crippen LogP contribution < -0.4 is 10.2 Å². The van der Waals surface area contributed by atoms with Crippen LogP contribution in [0.1, 0.15) is 25.7 Å². The summed E-state index contributed by atoms with van der Waals surface area (Å²) in [6.45, 7) is 1.33. The fourth-order valence-corrected chi connectivity index (χ4v) is 4.45. The minimum atomic E-state index is -0.419. The first kappa shape index (κ1) is 19.6. The van der Waals surface area contributed by atoms with E-state index in [0.717, 1.165) is 38.0 Å². The topological polar surface area (TPSA) is 77.2 Å². The number of hydrogen-bond donors (Lipinski definition) is 1. The Morgan fingerprint density at radius 3 is 2.71 bits per heavy atom. The zero-order valence-corrected chi connectivity index (χ0v) is 17.4. The van der Waals surface area contributed by atoms with Crippen LogP contribution in [-0.4, -0.2) is 44.3 Å². The third-order valence-corrected chi connectivity index (χ3v) is 6.22. The third kappa shape index (κ3) is 3.87. The van der Waals surface area contributed by atoms with Crippen molar-refractivity contribution in [3.63, 3.8) is 0 Å². The van der Waals surface area contributed by atoms with Crippen LogP contribution in [0.25, 0.3) is 5.69 Å². The van der Waals surface area contributed by atoms with Crippen LogP contribution in [0.15, 0.2) is 48.8 Å². The van der Waals surface area contributed by atoms with E-state index in [-0.39, 0.29) is 11.9 Å². The summed E-state index contributed by atoms with van der Waals surface area (Å²) >= 11 is 0. The first-order chi connectivity index (χ1) is 15.0. The Hall–Kier alpha value is -3.36. The van der Waals surface area contributed by atoms with Crippen LogP contribution in [0.2, 0.25) is 0 Å². The number of benzene rings is 1. The van der Waals surface area contributed by atoms with Gasteiger partial charge in [0.25, 0.3) is 0 Å². The first-order valence-electron chi connectivity index (χ1n) is 10.6. The Balaban J connectivity index is 1.15. The Labute approximate surface area is 179 Å². The highest BCUT2D eigenvalue weighted by atomic mass is 19.1. The molecule has 1 saturated heterocycles. The molecular weight excluding hydrogens is 399 g/mol. The highest BCUT2D eigenvalue weighted by Crippen LogP contribution is 2.40. The highest BCUT2D eigenvalue weighted by Gasteiger charge is 2.48. The van der Waals surface area contributed by atoms with E-state index in [0.29, 0.717) is 24.0 Å². The summed E-state index contributed by atoms with van der Waals surface area (Å²) in [5.74, 6) is 1.52. The Kier molecular flexibility index (Phi) is 4.88. The lowest BCUT2D eigenvalue weighted by Crippen LogP contribution is -2.39. The van der Waals surface area contributed by atoms with Gasteiger partial charge in [0.1, 0.15) is 22.9 Å². The molecule has 8 nitrogen and oxygen atoms in total. The molecule has 162 valence electrons. The lowest BCUT2D eigenvalue weighted by molar-refractivity contribution is 0.0148. The minimum absolute atomic E-state index is 0.305. The second-order valence-corrected chi connectivity index (χ2v) is 8.41. The van der Waals surface area contributed by atoms with E-state index < -0.39 is 5.60 Å². The van der Waals surface area contributed by atoms with Gasteiger partial charge in [-0.2, -0.15) is 10.2 Å². The van der Waals surface area contributed by atoms with Crippen molar-refractivity contribution >= 4 is 17.7 Å². The van der Waals surface area contributed by atoms with Crippen molar-refractivity contribution in [1.29, 1.82) is 0 Å². The molecule has 5 rings (SSSR count). The van der Waals surface area contributed by atoms with Crippen LogP contribution in [-0.2, 0) is 11.8 Å². The van der Waals surface area contributed by atoms with Crippen molar-refractivity contribution in [2.75, 3.05) is 23.3 Å². The largest absolute Gasteiger partial charge is 0.441 e. The zero-order valence-electron chi connectivity index (χ0n) is 17.4. The lowest BCUT2D eigenvalue weighted by atomic mass is 9.78. The maximum Gasteiger partial charge on any atom is 0.416 e. The van der Waals surface area contributed by atoms with Gasteiger partial charge in [-0.15, -0.1) is 0 Å². The van der Waals surface area contributed by atoms with Gasteiger partial charge in [0.05, 0.1) is 6.54 Å². The molecule has 1 amide bonds. The third-order valence-electron chi connectivity index (χ3n) is 6.22. The molecule has 0 bridgehead atoms. The number of nitrogens with one attached hydrogen (secondary N) is 1. The summed E-state index contributed by atoms with van der Waals surface area (Å²) in [5, 5.41) is 12.1. The number of anilines is 2. The minimum Gasteiger partial charge on any atom is -0.441 e. The maximum absolute atomic E-state index is 13.9. The molecule has 9 heteroatoms. The molecule has 1 saturated carbocycles. The molecule has 0 atom stereocenters. The second kappa shape index (κ2) is 7.72. The van der Waals surface area contributed by atoms with Crippen LogP contribution in [0, 0.1) is 11.7 Å². The van der Waals surface area contributed by atoms with Crippen LogP contribution in [0.4, 0.5) is 20.8 Å². The van der Waals surface area contributed by atoms with Gasteiger partial charge in [0.15, 0.2) is 5.82 Å². The molecule has 0 unspecified atom stereocenters. The Morgan fingerprint density at radius 2 is 1.97 bits per heavy atom. The number of rotatable bonds is 5. The molecule has 1 aromatic carbocycles. The molecule has 0 radical (unpaired) electrons. The van der Waals surface area contributed by atoms with Gasteiger partial charge in [-0.3, -0.25) is 9.58 Å². The van der Waals surface area contributed by atoms with Crippen molar-refractivity contribution in [3.05, 3.63) is 54.6 Å². The van der Waals surface area contributed by atoms with Crippen molar-refractivity contribution in [3.8, 4) is 5.69 Å². The van der Waals surface area contributed by atoms with Crippen molar-refractivity contribution in [2.24, 2.45) is 13.0 Å². The van der Waals surface area contributed by atoms with E-state index >= 15 is 0 Å². The van der Waals surface area contributed by atoms with E-state index in [1.165, 1.54) is 10.7 Å². The van der Waals surface area contributed by atoms with Gasteiger partial charge in [-0.05, 0) is 43.7 Å². The number of carbonyl (C=O) groups excluding carboxylic acids is 1. The summed E-state index contributed by atoms with van der Waals surface area (Å²) < 4.78 is 23.0. The monoisotopic (exact) mass is 424 g/mol. The van der Waals surface area contributed by atoms with E-state index in [2.05, 4.69) is 15.5 Å². The van der Waals surface area contributed by atoms with Gasteiger partial charge >= 0.3 is 6.09 Å². The molecule has 1 aliphatic carbocycles. The Morgan fingerprint density at radius 1 is 1.16 bits per heavy atom. The normalized spacial score (nSPS) is 23.4. The molecule has 2 fully saturated rings. The summed E-state index contributed by atoms with van der Waals surface area (Å²) in [6.07, 6.45) is 6.85. The highest BCUT2D eigenvalue weighted by molar-refractivity contribution is 5.89. The number of carbonyl (C=O) groups is 1. The molecule has 3 aromatic rings. The smallest absolute Gasteiger partial charge is 0.416 e. The molecule has 1 spiro atoms. The number of aromatic nitrogens is 4. The number of amides is 1. The number of ether oxygens (including phenoxy) is 1. The summed E-state index contributed by atoms with van der Waals surface area (Å²) in [5.41, 5.74) is 0.00742. The molecule has 3 heterocycles. The second-order valence-electron chi connectivity index (χ2n) is 8.41. The van der Waals surface area contributed by atoms with Crippen LogP contribution >= 0.6 is 0 Å². The fraction of sp³-hybridized carbons (Fsp3) is 0.409. The van der Waals surface area contributed by atoms with Crippen LogP contribution in [0.5, 0.6) is 0 Å². The van der Waals surface area contributed by atoms with Gasteiger partial charge < -0.3 is 10.1 Å². The SMILES string of the molecule is Cn1ccc(N2C[C@]3(CC[C@@H](CNc4ccn(-c5ccccc5F)n4)CC3)OC2=O)n1. The van der Waals surface area contributed by atoms with Crippen LogP contribution in [0.3, 0.4) is 0 Å². The average Bonchev–Trinajstić information content (AvgIpc) is 3.48. The van der Waals surface area contributed by atoms with Gasteiger partial charge in [0, 0.05) is 38.1 Å². The molecule has 1 aliphatic heterocycles. The molecular formula is C22H25FN6O2. The van der Waals surface area contributed by atoms with Gasteiger partial charge in [-0.25, -0.2) is 13.9 Å². The van der Waals surface area contributed by atoms with Crippen molar-refractivity contribution < 1.29 is 13.9 Å². The predicted octanol–water partition coefficient (Wildman–Crippen LogP) is 3.74. The lowest BCUT2D eigenvalue weighted by Gasteiger charge is -2.35. The number of nitrogens with zero attached hydrogens (tertiary/aromatic N) is 5. The molecule has 2 aliphatic rings. The molecule has 2 aromatic heterocycles. The van der Waals surface area contributed by atoms with E-state index in [1.54, 1.807) is 34.0 Å². The standard InChI is InChI=1S/C22H25FN6O2/c1-27-12-9-20(26-27)28-15-22(31-21(28)30)10-6-16(7-11-22)14-24-19-8-13-29(25-19)18-5-3-2-4-17(18)23/h2-5,8-9,12-13,16H,6-7,10-11,14-15H2,1H3,(H,24,25)/t16-,22-. The van der Waals surface area contributed by atoms with E-state index in [4.69, 9.17) is 4.74 Å². The average molecular weight is 424 g/mol. The first-order valence-corrected chi connectivity index (χ1v) is 10.6. The van der Waals surface area contributed by atoms with Crippen molar-refractivity contribution in [1.82, 2.24) is 19.6 Å². The van der Waals surface area contributed by atoms with Gasteiger partial charge in [0.2, 0.25) is 0 Å². The zero-order chi connectivity index (χ0) is 21.4. The summed E-state index contributed by atoms with van der Waals surface area (Å²) in [6, 6.07) is 10.2. The van der Waals surface area contributed by atoms with E-state index in [1.807, 2.05) is 25.4 Å². The summed E-state index contributed by atoms with van der Waals surface area (Å²) in [4.78, 5) is 14.0. The van der Waals surface area contributed by atoms with Crippen molar-refractivity contribution in [2.45, 2.75) is 31.3 Å². The fourth-order valence-electron chi connectivity index (χ4n) is 4.45. The van der Waals surface area contributed by atoms with Gasteiger partial charge in [-0.1, -0.05) is 12.1 Å². The molecule has 1 N–H and O–H groups in total. The Bertz CT molecular complexity index is 1090. The molecule has 31 heavy (non-hydrogen) atoms. The maximum atomic E-state index is 13.9. The predicted molar refractivity (Wildman–Crippen MR) is 114 cm³/mol. The number of halogens is 1. The summed E-state index contributed by atoms with van der Waals surface area (Å²) in [7, 11) is 1.83. The quantitative estimate of drug-likeness (QED) is 0.675. The number of para-hydroxylation sites is 1. The van der Waals surface area contributed by atoms with E-state index in [9.17, 15) is 9.18 Å². The number of aryl methyl sites for hydroxylation is 1.